The van der Waals surface area contributed by atoms with Crippen LogP contribution in [0, 0.1) is 0 Å². The van der Waals surface area contributed by atoms with Crippen molar-refractivity contribution >= 4 is 11.9 Å². The van der Waals surface area contributed by atoms with Crippen LogP contribution in [-0.4, -0.2) is 18.0 Å². The highest BCUT2D eigenvalue weighted by atomic mass is 16.2. The van der Waals surface area contributed by atoms with Crippen molar-refractivity contribution < 1.29 is 9.59 Å². The molecule has 5 heteroatoms. The minimum atomic E-state index is -0.386. The Kier molecular flexibility index (Phi) is 5.17. The van der Waals surface area contributed by atoms with Crippen molar-refractivity contribution in [1.82, 2.24) is 16.2 Å². The first-order valence-electron chi connectivity index (χ1n) is 6.80. The molecule has 0 saturated heterocycles. The third kappa shape index (κ3) is 4.76. The van der Waals surface area contributed by atoms with Gasteiger partial charge >= 0.3 is 6.03 Å². The van der Waals surface area contributed by atoms with E-state index in [0.717, 1.165) is 24.8 Å². The molecule has 106 valence electrons. The van der Waals surface area contributed by atoms with Gasteiger partial charge in [0.2, 0.25) is 5.91 Å². The molecule has 2 rings (SSSR count). The number of hydrazine groups is 1. The summed E-state index contributed by atoms with van der Waals surface area (Å²) in [5.74, 6) is -0.245. The zero-order valence-corrected chi connectivity index (χ0v) is 11.3. The van der Waals surface area contributed by atoms with Gasteiger partial charge in [0.1, 0.15) is 0 Å². The normalized spacial score (nSPS) is 17.3. The summed E-state index contributed by atoms with van der Waals surface area (Å²) < 4.78 is 0. The van der Waals surface area contributed by atoms with Crippen molar-refractivity contribution in [3.05, 3.63) is 48.0 Å². The lowest BCUT2D eigenvalue weighted by molar-refractivity contribution is -0.121. The molecule has 1 aliphatic carbocycles. The molecule has 0 unspecified atom stereocenters. The Morgan fingerprint density at radius 1 is 1.15 bits per heavy atom. The van der Waals surface area contributed by atoms with Gasteiger partial charge < -0.3 is 5.32 Å². The number of carbonyl (C=O) groups is 2. The molecular weight excluding hydrogens is 254 g/mol. The van der Waals surface area contributed by atoms with Gasteiger partial charge in [0.25, 0.3) is 0 Å². The van der Waals surface area contributed by atoms with Crippen LogP contribution < -0.4 is 16.2 Å². The minimum Gasteiger partial charge on any atom is -0.331 e. The van der Waals surface area contributed by atoms with Crippen LogP contribution in [0.4, 0.5) is 4.79 Å². The summed E-state index contributed by atoms with van der Waals surface area (Å²) in [7, 11) is 0. The van der Waals surface area contributed by atoms with E-state index < -0.39 is 0 Å². The Labute approximate surface area is 118 Å². The third-order valence-corrected chi connectivity index (χ3v) is 3.09. The van der Waals surface area contributed by atoms with Gasteiger partial charge in [-0.15, -0.1) is 0 Å². The lowest BCUT2D eigenvalue weighted by Gasteiger charge is -2.18. The van der Waals surface area contributed by atoms with Crippen LogP contribution in [-0.2, 0) is 11.2 Å². The zero-order valence-electron chi connectivity index (χ0n) is 11.3. The second kappa shape index (κ2) is 7.33. The lowest BCUT2D eigenvalue weighted by atomic mass is 10.0. The second-order valence-electron chi connectivity index (χ2n) is 4.77. The molecule has 0 spiro atoms. The van der Waals surface area contributed by atoms with E-state index in [9.17, 15) is 9.59 Å². The van der Waals surface area contributed by atoms with E-state index in [1.165, 1.54) is 0 Å². The van der Waals surface area contributed by atoms with E-state index in [0.29, 0.717) is 0 Å². The molecule has 1 aliphatic rings. The molecule has 0 radical (unpaired) electrons. The summed E-state index contributed by atoms with van der Waals surface area (Å²) in [6.45, 7) is 0. The molecule has 0 aliphatic heterocycles. The Morgan fingerprint density at radius 3 is 2.65 bits per heavy atom. The smallest absolute Gasteiger partial charge is 0.331 e. The fourth-order valence-corrected chi connectivity index (χ4v) is 2.09. The number of allylic oxidation sites excluding steroid dienone is 1. The standard InChI is InChI=1S/C15H19N3O2/c19-14(11-12-7-3-1-4-8-12)17-18-15(20)16-13-9-5-2-6-10-13/h1,3-5,7-9,13H,2,6,10-11H2,(H,17,19)(H2,16,18,20)/t13-/m1/s1. The highest BCUT2D eigenvalue weighted by molar-refractivity contribution is 5.82. The molecule has 0 aromatic heterocycles. The van der Waals surface area contributed by atoms with Crippen molar-refractivity contribution in [3.63, 3.8) is 0 Å². The molecule has 20 heavy (non-hydrogen) atoms. The first-order valence-corrected chi connectivity index (χ1v) is 6.80. The monoisotopic (exact) mass is 273 g/mol. The number of nitrogens with one attached hydrogen (secondary N) is 3. The Hall–Kier alpha value is -2.30. The van der Waals surface area contributed by atoms with Crippen LogP contribution in [0.15, 0.2) is 42.5 Å². The third-order valence-electron chi connectivity index (χ3n) is 3.09. The quantitative estimate of drug-likeness (QED) is 0.579. The number of amides is 3. The first-order chi connectivity index (χ1) is 9.74. The van der Waals surface area contributed by atoms with Crippen LogP contribution in [0.25, 0.3) is 0 Å². The number of benzene rings is 1. The fraction of sp³-hybridized carbons (Fsp3) is 0.333. The molecule has 3 N–H and O–H groups in total. The highest BCUT2D eigenvalue weighted by Gasteiger charge is 2.11. The van der Waals surface area contributed by atoms with E-state index in [1.807, 2.05) is 36.4 Å². The molecule has 1 aromatic rings. The minimum absolute atomic E-state index is 0.0507. The van der Waals surface area contributed by atoms with Crippen LogP contribution >= 0.6 is 0 Å². The van der Waals surface area contributed by atoms with Crippen LogP contribution in [0.2, 0.25) is 0 Å². The Bertz CT molecular complexity index is 485. The largest absolute Gasteiger partial charge is 0.333 e. The Balaban J connectivity index is 1.69. The number of hydrogen-bond acceptors (Lipinski definition) is 2. The number of urea groups is 1. The Morgan fingerprint density at radius 2 is 1.95 bits per heavy atom. The van der Waals surface area contributed by atoms with E-state index in [2.05, 4.69) is 22.2 Å². The van der Waals surface area contributed by atoms with Crippen LogP contribution in [0.1, 0.15) is 24.8 Å². The highest BCUT2D eigenvalue weighted by Crippen LogP contribution is 2.09. The summed E-state index contributed by atoms with van der Waals surface area (Å²) in [6, 6.07) is 9.04. The molecule has 0 saturated carbocycles. The lowest BCUT2D eigenvalue weighted by Crippen LogP contribution is -2.50. The van der Waals surface area contributed by atoms with Crippen molar-refractivity contribution in [2.75, 3.05) is 0 Å². The van der Waals surface area contributed by atoms with Gasteiger partial charge in [-0.25, -0.2) is 10.2 Å². The molecular formula is C15H19N3O2. The van der Waals surface area contributed by atoms with E-state index in [4.69, 9.17) is 0 Å². The van der Waals surface area contributed by atoms with Crippen molar-refractivity contribution in [3.8, 4) is 0 Å². The topological polar surface area (TPSA) is 70.2 Å². The van der Waals surface area contributed by atoms with Crippen LogP contribution in [0.3, 0.4) is 0 Å². The van der Waals surface area contributed by atoms with Crippen molar-refractivity contribution in [2.45, 2.75) is 31.7 Å². The van der Waals surface area contributed by atoms with Crippen molar-refractivity contribution in [1.29, 1.82) is 0 Å². The molecule has 5 nitrogen and oxygen atoms in total. The van der Waals surface area contributed by atoms with Gasteiger partial charge in [-0.2, -0.15) is 0 Å². The summed E-state index contributed by atoms with van der Waals surface area (Å²) in [5, 5.41) is 2.79. The average Bonchev–Trinajstić information content (AvgIpc) is 2.47. The summed E-state index contributed by atoms with van der Waals surface area (Å²) in [4.78, 5) is 23.2. The first kappa shape index (κ1) is 14.1. The second-order valence-corrected chi connectivity index (χ2v) is 4.77. The average molecular weight is 273 g/mol. The number of hydrogen-bond donors (Lipinski definition) is 3. The number of carbonyl (C=O) groups excluding carboxylic acids is 2. The summed E-state index contributed by atoms with van der Waals surface area (Å²) in [6.07, 6.45) is 7.35. The molecule has 0 heterocycles. The molecule has 3 amide bonds. The van der Waals surface area contributed by atoms with Gasteiger partial charge in [-0.05, 0) is 24.8 Å². The van der Waals surface area contributed by atoms with Gasteiger partial charge in [0, 0.05) is 6.04 Å². The van der Waals surface area contributed by atoms with Gasteiger partial charge in [-0.1, -0.05) is 42.5 Å². The number of rotatable bonds is 3. The van der Waals surface area contributed by atoms with Crippen LogP contribution in [0.5, 0.6) is 0 Å². The van der Waals surface area contributed by atoms with E-state index in [1.54, 1.807) is 0 Å². The van der Waals surface area contributed by atoms with Gasteiger partial charge in [0.15, 0.2) is 0 Å². The predicted molar refractivity (Wildman–Crippen MR) is 76.7 cm³/mol. The molecule has 1 atom stereocenters. The zero-order chi connectivity index (χ0) is 14.2. The maximum atomic E-state index is 11.6. The van der Waals surface area contributed by atoms with Gasteiger partial charge in [0.05, 0.1) is 6.42 Å². The summed E-state index contributed by atoms with van der Waals surface area (Å²) >= 11 is 0. The van der Waals surface area contributed by atoms with Gasteiger partial charge in [-0.3, -0.25) is 10.2 Å². The van der Waals surface area contributed by atoms with E-state index >= 15 is 0 Å². The van der Waals surface area contributed by atoms with Crippen molar-refractivity contribution in [2.24, 2.45) is 0 Å². The maximum absolute atomic E-state index is 11.6. The fourth-order valence-electron chi connectivity index (χ4n) is 2.09. The molecule has 0 fully saturated rings. The molecule has 1 aromatic carbocycles. The molecule has 0 bridgehead atoms. The summed E-state index contributed by atoms with van der Waals surface area (Å²) in [5.41, 5.74) is 5.67. The van der Waals surface area contributed by atoms with E-state index in [-0.39, 0.29) is 24.4 Å². The SMILES string of the molecule is O=C(Cc1ccccc1)NNC(=O)N[C@@H]1C=CCCC1. The predicted octanol–water partition coefficient (Wildman–Crippen LogP) is 1.67. The maximum Gasteiger partial charge on any atom is 0.333 e.